The molecular formula is C25H28Cl2O6. The van der Waals surface area contributed by atoms with Crippen molar-refractivity contribution in [3.8, 4) is 11.5 Å². The van der Waals surface area contributed by atoms with Crippen LogP contribution in [0.5, 0.6) is 11.5 Å². The van der Waals surface area contributed by atoms with E-state index < -0.39 is 38.8 Å². The van der Waals surface area contributed by atoms with Crippen LogP contribution in [0.1, 0.15) is 74.1 Å². The van der Waals surface area contributed by atoms with Gasteiger partial charge in [0.2, 0.25) is 0 Å². The van der Waals surface area contributed by atoms with Crippen molar-refractivity contribution in [2.45, 2.75) is 74.8 Å². The van der Waals surface area contributed by atoms with E-state index in [9.17, 15) is 24.6 Å². The van der Waals surface area contributed by atoms with Crippen LogP contribution >= 0.6 is 23.2 Å². The SMILES string of the molecule is C/C(C=O)=C\CC/C(C)=C/C[C@@]12OC(C)(C)[C@H](Cl)C[C@]1(Cl)C(=O)c1c(O)cc(O)cc1C2=O. The molecule has 8 heteroatoms. The largest absolute Gasteiger partial charge is 0.508 e. The first-order chi connectivity index (χ1) is 15.3. The molecule has 0 saturated carbocycles. The minimum absolute atomic E-state index is 0.00613. The minimum atomic E-state index is -1.84. The number of hydrogen-bond donors (Lipinski definition) is 2. The van der Waals surface area contributed by atoms with Crippen molar-refractivity contribution in [1.29, 1.82) is 0 Å². The number of allylic oxidation sites excluding steroid dienone is 3. The molecule has 33 heavy (non-hydrogen) atoms. The van der Waals surface area contributed by atoms with Gasteiger partial charge in [-0.15, -0.1) is 23.2 Å². The van der Waals surface area contributed by atoms with Crippen LogP contribution in [0.4, 0.5) is 0 Å². The highest BCUT2D eigenvalue weighted by Crippen LogP contribution is 2.56. The number of phenols is 2. The Balaban J connectivity index is 2.11. The van der Waals surface area contributed by atoms with E-state index in [1.165, 1.54) is 0 Å². The molecule has 1 aromatic rings. The number of ketones is 2. The second-order valence-corrected chi connectivity index (χ2v) is 10.6. The third-order valence-electron chi connectivity index (χ3n) is 6.52. The summed E-state index contributed by atoms with van der Waals surface area (Å²) in [6, 6.07) is 2.15. The van der Waals surface area contributed by atoms with E-state index in [0.29, 0.717) is 18.4 Å². The number of carbonyl (C=O) groups is 3. The number of aldehydes is 1. The van der Waals surface area contributed by atoms with Gasteiger partial charge in [0.15, 0.2) is 17.2 Å². The highest BCUT2D eigenvalue weighted by Gasteiger charge is 2.70. The van der Waals surface area contributed by atoms with Gasteiger partial charge in [0.1, 0.15) is 22.7 Å². The summed E-state index contributed by atoms with van der Waals surface area (Å²) >= 11 is 13.5. The third-order valence-corrected chi connectivity index (χ3v) is 7.83. The van der Waals surface area contributed by atoms with Gasteiger partial charge in [0, 0.05) is 18.1 Å². The van der Waals surface area contributed by atoms with Crippen molar-refractivity contribution in [3.05, 3.63) is 46.6 Å². The van der Waals surface area contributed by atoms with Crippen molar-refractivity contribution in [3.63, 3.8) is 0 Å². The molecule has 0 aromatic heterocycles. The fourth-order valence-electron chi connectivity index (χ4n) is 4.49. The van der Waals surface area contributed by atoms with E-state index in [1.807, 2.05) is 19.1 Å². The first-order valence-corrected chi connectivity index (χ1v) is 11.6. The third kappa shape index (κ3) is 4.25. The molecule has 0 unspecified atom stereocenters. The Morgan fingerprint density at radius 3 is 2.48 bits per heavy atom. The fraction of sp³-hybridized carbons (Fsp3) is 0.480. The molecule has 2 aliphatic rings. The van der Waals surface area contributed by atoms with Crippen LogP contribution in [-0.2, 0) is 9.53 Å². The minimum Gasteiger partial charge on any atom is -0.508 e. The van der Waals surface area contributed by atoms with E-state index in [1.54, 1.807) is 20.8 Å². The second kappa shape index (κ2) is 8.90. The number of rotatable bonds is 6. The van der Waals surface area contributed by atoms with Gasteiger partial charge in [-0.1, -0.05) is 17.7 Å². The van der Waals surface area contributed by atoms with Crippen LogP contribution in [0.3, 0.4) is 0 Å². The van der Waals surface area contributed by atoms with Crippen molar-refractivity contribution in [2.24, 2.45) is 0 Å². The highest BCUT2D eigenvalue weighted by molar-refractivity contribution is 6.45. The molecule has 1 aromatic carbocycles. The maximum Gasteiger partial charge on any atom is 0.198 e. The Bertz CT molecular complexity index is 1070. The topological polar surface area (TPSA) is 101 Å². The Labute approximate surface area is 203 Å². The highest BCUT2D eigenvalue weighted by atomic mass is 35.5. The molecular weight excluding hydrogens is 467 g/mol. The number of ether oxygens (including phenoxy) is 1. The standard InChI is InChI=1S/C25H28Cl2O6/c1-14(6-5-7-15(2)13-28)8-9-25-21(31)17-10-16(29)11-18(30)20(17)22(32)24(25,27)12-19(26)23(3,4)33-25/h7-8,10-11,13,19,29-30H,5-6,9,12H2,1-4H3/b14-8+,15-7+/t19-,24+,25+/m1/s1. The van der Waals surface area contributed by atoms with Gasteiger partial charge in [-0.2, -0.15) is 0 Å². The van der Waals surface area contributed by atoms with Crippen molar-refractivity contribution >= 4 is 41.1 Å². The molecule has 1 fully saturated rings. The molecule has 2 N–H and O–H groups in total. The Morgan fingerprint density at radius 1 is 1.18 bits per heavy atom. The number of Topliss-reactive ketones (excluding diaryl/α,β-unsaturated/α-hetero) is 2. The van der Waals surface area contributed by atoms with Gasteiger partial charge in [-0.05, 0) is 58.6 Å². The first kappa shape index (κ1) is 25.5. The monoisotopic (exact) mass is 494 g/mol. The molecule has 3 rings (SSSR count). The van der Waals surface area contributed by atoms with E-state index in [2.05, 4.69) is 0 Å². The molecule has 0 bridgehead atoms. The second-order valence-electron chi connectivity index (χ2n) is 9.41. The van der Waals surface area contributed by atoms with Crippen molar-refractivity contribution < 1.29 is 29.3 Å². The van der Waals surface area contributed by atoms with Gasteiger partial charge in [0.05, 0.1) is 16.5 Å². The summed E-state index contributed by atoms with van der Waals surface area (Å²) in [5.41, 5.74) is -1.55. The molecule has 1 aliphatic carbocycles. The Morgan fingerprint density at radius 2 is 1.85 bits per heavy atom. The summed E-state index contributed by atoms with van der Waals surface area (Å²) in [4.78, 5) is 36.4. The molecule has 3 atom stereocenters. The lowest BCUT2D eigenvalue weighted by Gasteiger charge is -2.56. The molecule has 0 amide bonds. The molecule has 0 spiro atoms. The zero-order valence-corrected chi connectivity index (χ0v) is 20.6. The average molecular weight is 495 g/mol. The van der Waals surface area contributed by atoms with E-state index in [4.69, 9.17) is 27.9 Å². The molecule has 1 heterocycles. The van der Waals surface area contributed by atoms with E-state index in [-0.39, 0.29) is 29.7 Å². The Hall–Kier alpha value is -2.15. The van der Waals surface area contributed by atoms with Crippen LogP contribution < -0.4 is 0 Å². The zero-order chi connectivity index (χ0) is 24.8. The number of aromatic hydroxyl groups is 2. The number of phenolic OH excluding ortho intramolecular Hbond substituents is 2. The van der Waals surface area contributed by atoms with Crippen LogP contribution in [0.15, 0.2) is 35.4 Å². The average Bonchev–Trinajstić information content (AvgIpc) is 2.73. The van der Waals surface area contributed by atoms with Gasteiger partial charge in [-0.3, -0.25) is 14.4 Å². The maximum atomic E-state index is 13.9. The molecule has 1 aliphatic heterocycles. The summed E-state index contributed by atoms with van der Waals surface area (Å²) in [5.74, 6) is -2.11. The van der Waals surface area contributed by atoms with Gasteiger partial charge >= 0.3 is 0 Å². The fourth-order valence-corrected chi connectivity index (χ4v) is 5.30. The van der Waals surface area contributed by atoms with E-state index in [0.717, 1.165) is 24.0 Å². The van der Waals surface area contributed by atoms with Gasteiger partial charge < -0.3 is 14.9 Å². The van der Waals surface area contributed by atoms with E-state index >= 15 is 0 Å². The predicted molar refractivity (Wildman–Crippen MR) is 127 cm³/mol. The summed E-state index contributed by atoms with van der Waals surface area (Å²) in [7, 11) is 0. The van der Waals surface area contributed by atoms with Crippen LogP contribution in [0.2, 0.25) is 0 Å². The summed E-state index contributed by atoms with van der Waals surface area (Å²) in [5, 5.41) is 19.7. The smallest absolute Gasteiger partial charge is 0.198 e. The molecule has 6 nitrogen and oxygen atoms in total. The lowest BCUT2D eigenvalue weighted by atomic mass is 9.63. The lowest BCUT2D eigenvalue weighted by Crippen LogP contribution is -2.72. The molecule has 178 valence electrons. The summed E-state index contributed by atoms with van der Waals surface area (Å²) < 4.78 is 6.31. The number of fused-ring (bicyclic) bond motifs is 2. The molecule has 1 saturated heterocycles. The number of carbonyl (C=O) groups excluding carboxylic acids is 3. The van der Waals surface area contributed by atoms with Crippen LogP contribution in [-0.4, -0.2) is 49.5 Å². The number of halogens is 2. The van der Waals surface area contributed by atoms with Crippen LogP contribution in [0.25, 0.3) is 0 Å². The normalized spacial score (nSPS) is 29.5. The summed E-state index contributed by atoms with van der Waals surface area (Å²) in [6.07, 6.45) is 5.66. The maximum absolute atomic E-state index is 13.9. The van der Waals surface area contributed by atoms with Gasteiger partial charge in [0.25, 0.3) is 0 Å². The zero-order valence-electron chi connectivity index (χ0n) is 19.1. The Kier molecular flexibility index (Phi) is 6.87. The van der Waals surface area contributed by atoms with Crippen molar-refractivity contribution in [2.75, 3.05) is 0 Å². The predicted octanol–water partition coefficient (Wildman–Crippen LogP) is 5.26. The lowest BCUT2D eigenvalue weighted by molar-refractivity contribution is -0.157. The van der Waals surface area contributed by atoms with Crippen LogP contribution in [0, 0.1) is 0 Å². The number of benzene rings is 1. The first-order valence-electron chi connectivity index (χ1n) is 10.8. The molecule has 0 radical (unpaired) electrons. The van der Waals surface area contributed by atoms with Crippen molar-refractivity contribution in [1.82, 2.24) is 0 Å². The quantitative estimate of drug-likeness (QED) is 0.242. The number of alkyl halides is 2. The summed E-state index contributed by atoms with van der Waals surface area (Å²) in [6.45, 7) is 7.08. The van der Waals surface area contributed by atoms with Gasteiger partial charge in [-0.25, -0.2) is 0 Å². The number of hydrogen-bond acceptors (Lipinski definition) is 6.